The molecule has 0 bridgehead atoms. The molecule has 0 saturated heterocycles. The molecule has 2 aromatic rings. The maximum atomic E-state index is 13.6. The van der Waals surface area contributed by atoms with Crippen LogP contribution < -0.4 is 14.8 Å². The Kier molecular flexibility index (Phi) is 15.3. The van der Waals surface area contributed by atoms with Crippen LogP contribution in [-0.2, 0) is 30.2 Å². The SMILES string of the molecule is CCC[C@@](CCc1ccc(Sc2cc(OCC)ccc2OCOCCOC)cc1Cl)(NC(=O)OC(C)(C)C)C(=O)OC(C)(C)C. The number of hydrogen-bond acceptors (Lipinski definition) is 9. The van der Waals surface area contributed by atoms with Crippen LogP contribution in [0.4, 0.5) is 4.79 Å². The second-order valence-corrected chi connectivity index (χ2v) is 14.0. The largest absolute Gasteiger partial charge is 0.494 e. The first-order chi connectivity index (χ1) is 21.1. The van der Waals surface area contributed by atoms with Gasteiger partial charge in [-0.15, -0.1) is 0 Å². The van der Waals surface area contributed by atoms with Crippen molar-refractivity contribution in [3.05, 3.63) is 47.0 Å². The first-order valence-corrected chi connectivity index (χ1v) is 16.5. The average molecular weight is 668 g/mol. The van der Waals surface area contributed by atoms with Gasteiger partial charge in [-0.25, -0.2) is 9.59 Å². The van der Waals surface area contributed by atoms with Crippen molar-refractivity contribution in [2.75, 3.05) is 33.7 Å². The number of hydrogen-bond donors (Lipinski definition) is 1. The third-order valence-corrected chi connectivity index (χ3v) is 7.62. The van der Waals surface area contributed by atoms with Crippen molar-refractivity contribution in [2.45, 2.75) is 108 Å². The maximum Gasteiger partial charge on any atom is 0.408 e. The van der Waals surface area contributed by atoms with E-state index in [1.807, 2.05) is 50.2 Å². The molecule has 0 radical (unpaired) electrons. The molecule has 0 heterocycles. The Morgan fingerprint density at radius 3 is 2.20 bits per heavy atom. The number of aryl methyl sites for hydroxylation is 1. The van der Waals surface area contributed by atoms with Crippen molar-refractivity contribution in [1.29, 1.82) is 0 Å². The number of amides is 1. The lowest BCUT2D eigenvalue weighted by Crippen LogP contribution is -2.57. The quantitative estimate of drug-likeness (QED) is 0.102. The fourth-order valence-electron chi connectivity index (χ4n) is 4.33. The first kappa shape index (κ1) is 38.5. The Balaban J connectivity index is 2.30. The predicted octanol–water partition coefficient (Wildman–Crippen LogP) is 8.23. The molecule has 0 fully saturated rings. The van der Waals surface area contributed by atoms with Gasteiger partial charge in [-0.1, -0.05) is 42.8 Å². The standard InChI is InChI=1S/C34H50ClNO8S/c1-10-17-34(30(37)43-32(3,4)5,36-31(38)44-33(6,7)8)18-16-24-12-14-26(22-27(24)35)45-29-21-25(41-11-2)13-15-28(29)42-23-40-20-19-39-9/h12-15,21-22H,10-11,16-20,23H2,1-9H3,(H,36,38)/t34-/m0/s1. The third kappa shape index (κ3) is 13.7. The summed E-state index contributed by atoms with van der Waals surface area (Å²) in [7, 11) is 1.62. The number of methoxy groups -OCH3 is 1. The number of ether oxygens (including phenoxy) is 6. The lowest BCUT2D eigenvalue weighted by Gasteiger charge is -2.36. The highest BCUT2D eigenvalue weighted by molar-refractivity contribution is 7.99. The number of rotatable bonds is 17. The van der Waals surface area contributed by atoms with Gasteiger partial charge in [0.1, 0.15) is 28.2 Å². The second-order valence-electron chi connectivity index (χ2n) is 12.5. The van der Waals surface area contributed by atoms with E-state index in [2.05, 4.69) is 5.32 Å². The van der Waals surface area contributed by atoms with Crippen LogP contribution in [0.25, 0.3) is 0 Å². The fourth-order valence-corrected chi connectivity index (χ4v) is 5.64. The summed E-state index contributed by atoms with van der Waals surface area (Å²) in [5.41, 5.74) is -1.92. The van der Waals surface area contributed by atoms with Gasteiger partial charge in [0, 0.05) is 17.0 Å². The zero-order chi connectivity index (χ0) is 33.7. The Bertz CT molecular complexity index is 1240. The predicted molar refractivity (Wildman–Crippen MR) is 178 cm³/mol. The molecule has 0 aliphatic heterocycles. The number of esters is 1. The van der Waals surface area contributed by atoms with E-state index in [0.29, 0.717) is 49.9 Å². The summed E-state index contributed by atoms with van der Waals surface area (Å²) in [4.78, 5) is 28.3. The molecule has 2 rings (SSSR count). The molecule has 0 saturated carbocycles. The van der Waals surface area contributed by atoms with E-state index in [1.165, 1.54) is 11.8 Å². The smallest absolute Gasteiger partial charge is 0.408 e. The molecule has 0 aliphatic carbocycles. The Morgan fingerprint density at radius 2 is 1.60 bits per heavy atom. The highest BCUT2D eigenvalue weighted by atomic mass is 35.5. The lowest BCUT2D eigenvalue weighted by molar-refractivity contribution is -0.164. The molecular formula is C34H50ClNO8S. The van der Waals surface area contributed by atoms with Gasteiger partial charge in [-0.3, -0.25) is 0 Å². The molecule has 9 nitrogen and oxygen atoms in total. The van der Waals surface area contributed by atoms with Crippen molar-refractivity contribution in [3.8, 4) is 11.5 Å². The lowest BCUT2D eigenvalue weighted by atomic mass is 9.86. The zero-order valence-electron chi connectivity index (χ0n) is 28.2. The molecule has 0 spiro atoms. The van der Waals surface area contributed by atoms with Gasteiger partial charge >= 0.3 is 12.1 Å². The topological polar surface area (TPSA) is 102 Å². The normalized spacial score (nSPS) is 13.1. The highest BCUT2D eigenvalue weighted by Gasteiger charge is 2.43. The average Bonchev–Trinajstić information content (AvgIpc) is 2.91. The van der Waals surface area contributed by atoms with E-state index in [-0.39, 0.29) is 13.2 Å². The summed E-state index contributed by atoms with van der Waals surface area (Å²) in [6, 6.07) is 11.4. The molecule has 45 heavy (non-hydrogen) atoms. The number of nitrogens with one attached hydrogen (secondary N) is 1. The molecular weight excluding hydrogens is 618 g/mol. The number of halogens is 1. The Morgan fingerprint density at radius 1 is 0.889 bits per heavy atom. The zero-order valence-corrected chi connectivity index (χ0v) is 29.7. The van der Waals surface area contributed by atoms with E-state index in [0.717, 1.165) is 21.1 Å². The van der Waals surface area contributed by atoms with E-state index in [9.17, 15) is 9.59 Å². The van der Waals surface area contributed by atoms with Crippen LogP contribution in [0.15, 0.2) is 46.2 Å². The van der Waals surface area contributed by atoms with Crippen LogP contribution in [0, 0.1) is 0 Å². The van der Waals surface area contributed by atoms with Gasteiger partial charge in [0.05, 0.1) is 24.7 Å². The van der Waals surface area contributed by atoms with Crippen LogP contribution >= 0.6 is 23.4 Å². The summed E-state index contributed by atoms with van der Waals surface area (Å²) in [6.45, 7) is 16.2. The molecule has 252 valence electrons. The van der Waals surface area contributed by atoms with E-state index >= 15 is 0 Å². The van der Waals surface area contributed by atoms with Crippen LogP contribution in [0.2, 0.25) is 5.02 Å². The monoisotopic (exact) mass is 667 g/mol. The van der Waals surface area contributed by atoms with Gasteiger partial charge in [-0.05, 0) is 104 Å². The molecule has 2 aromatic carbocycles. The molecule has 0 aliphatic rings. The molecule has 0 aromatic heterocycles. The Labute approximate surface area is 277 Å². The summed E-state index contributed by atoms with van der Waals surface area (Å²) < 4.78 is 33.4. The van der Waals surface area contributed by atoms with Crippen molar-refractivity contribution in [1.82, 2.24) is 5.32 Å². The minimum Gasteiger partial charge on any atom is -0.494 e. The number of alkyl carbamates (subject to hydrolysis) is 1. The summed E-state index contributed by atoms with van der Waals surface area (Å²) in [6.07, 6.45) is 1.04. The van der Waals surface area contributed by atoms with Gasteiger partial charge in [0.15, 0.2) is 6.79 Å². The van der Waals surface area contributed by atoms with Crippen molar-refractivity contribution in [2.24, 2.45) is 0 Å². The summed E-state index contributed by atoms with van der Waals surface area (Å²) in [5, 5.41) is 3.41. The number of benzene rings is 2. The van der Waals surface area contributed by atoms with Crippen LogP contribution in [-0.4, -0.2) is 62.5 Å². The van der Waals surface area contributed by atoms with Crippen LogP contribution in [0.5, 0.6) is 11.5 Å². The maximum absolute atomic E-state index is 13.6. The molecule has 0 unspecified atom stereocenters. The van der Waals surface area contributed by atoms with Crippen LogP contribution in [0.3, 0.4) is 0 Å². The van der Waals surface area contributed by atoms with Gasteiger partial charge in [0.2, 0.25) is 0 Å². The van der Waals surface area contributed by atoms with Crippen molar-refractivity contribution >= 4 is 35.4 Å². The van der Waals surface area contributed by atoms with E-state index < -0.39 is 28.8 Å². The molecule has 11 heteroatoms. The first-order valence-electron chi connectivity index (χ1n) is 15.3. The fraction of sp³-hybridized carbons (Fsp3) is 0.588. The number of carbonyl (C=O) groups is 2. The van der Waals surface area contributed by atoms with Gasteiger partial charge in [0.25, 0.3) is 0 Å². The van der Waals surface area contributed by atoms with Gasteiger partial charge in [-0.2, -0.15) is 0 Å². The molecule has 1 amide bonds. The minimum absolute atomic E-state index is 0.0824. The minimum atomic E-state index is -1.29. The van der Waals surface area contributed by atoms with Crippen molar-refractivity contribution in [3.63, 3.8) is 0 Å². The summed E-state index contributed by atoms with van der Waals surface area (Å²) in [5.74, 6) is 0.872. The molecule has 1 N–H and O–H groups in total. The second kappa shape index (κ2) is 17.9. The Hall–Kier alpha value is -2.66. The van der Waals surface area contributed by atoms with Gasteiger partial charge < -0.3 is 33.7 Å². The molecule has 1 atom stereocenters. The van der Waals surface area contributed by atoms with Crippen molar-refractivity contribution < 1.29 is 38.0 Å². The number of carbonyl (C=O) groups excluding carboxylic acids is 2. The van der Waals surface area contributed by atoms with E-state index in [4.69, 9.17) is 40.0 Å². The third-order valence-electron chi connectivity index (χ3n) is 6.24. The van der Waals surface area contributed by atoms with E-state index in [1.54, 1.807) is 48.7 Å². The summed E-state index contributed by atoms with van der Waals surface area (Å²) >= 11 is 8.29. The van der Waals surface area contributed by atoms with Crippen LogP contribution in [0.1, 0.15) is 80.2 Å². The highest BCUT2D eigenvalue weighted by Crippen LogP contribution is 2.39.